The highest BCUT2D eigenvalue weighted by molar-refractivity contribution is 6.02. The lowest BCUT2D eigenvalue weighted by Crippen LogP contribution is -2.59. The third kappa shape index (κ3) is 11.9. The molecule has 2 aromatic carbocycles. The molecule has 5 rings (SSSR count). The molecule has 3 heterocycles. The van der Waals surface area contributed by atoms with Crippen molar-refractivity contribution in [1.29, 1.82) is 5.41 Å². The normalized spacial score (nSPS) is 25.6. The highest BCUT2D eigenvalue weighted by atomic mass is 16.3. The van der Waals surface area contributed by atoms with Gasteiger partial charge in [0, 0.05) is 56.0 Å². The quantitative estimate of drug-likeness (QED) is 0.0533. The molecule has 0 saturated carbocycles. The van der Waals surface area contributed by atoms with Crippen molar-refractivity contribution in [1.82, 2.24) is 41.8 Å². The summed E-state index contributed by atoms with van der Waals surface area (Å²) in [5, 5.41) is 35.2. The third-order valence-electron chi connectivity index (χ3n) is 10.7. The molecule has 1 aromatic heterocycles. The number of H-pyrrole nitrogens is 1. The zero-order valence-corrected chi connectivity index (χ0v) is 33.0. The Bertz CT molecular complexity index is 1990. The molecule has 18 nitrogen and oxygen atoms in total. The Morgan fingerprint density at radius 2 is 1.53 bits per heavy atom. The molecule has 2 aliphatic rings. The molecule has 0 radical (unpaired) electrons. The molecule has 0 bridgehead atoms. The summed E-state index contributed by atoms with van der Waals surface area (Å²) in [5.41, 5.74) is 7.90. The van der Waals surface area contributed by atoms with Crippen LogP contribution in [-0.4, -0.2) is 119 Å². The summed E-state index contributed by atoms with van der Waals surface area (Å²) in [5.74, 6) is -6.16. The predicted molar refractivity (Wildman–Crippen MR) is 217 cm³/mol. The molecular formula is C41H54N10O8. The number of nitrogens with two attached hydrogens (primary N) is 1. The number of carbonyl (C=O) groups excluding carboxylic acids is 7. The number of amides is 7. The summed E-state index contributed by atoms with van der Waals surface area (Å²) in [4.78, 5) is 100. The topological polar surface area (TPSA) is 281 Å². The number of carbonyl (C=O) groups is 7. The minimum Gasteiger partial charge on any atom is -0.391 e. The second kappa shape index (κ2) is 20.9. The lowest BCUT2D eigenvalue weighted by atomic mass is 10.0. The first-order valence-corrected chi connectivity index (χ1v) is 19.9. The van der Waals surface area contributed by atoms with Gasteiger partial charge >= 0.3 is 0 Å². The zero-order chi connectivity index (χ0) is 42.5. The first-order chi connectivity index (χ1) is 28.4. The average molecular weight is 815 g/mol. The molecule has 0 unspecified atom stereocenters. The van der Waals surface area contributed by atoms with Crippen LogP contribution in [0.2, 0.25) is 0 Å². The van der Waals surface area contributed by atoms with Gasteiger partial charge < -0.3 is 52.6 Å². The average Bonchev–Trinajstić information content (AvgIpc) is 3.83. The summed E-state index contributed by atoms with van der Waals surface area (Å²) < 4.78 is 0. The van der Waals surface area contributed by atoms with Crippen molar-refractivity contribution >= 4 is 58.6 Å². The Kier molecular flexibility index (Phi) is 15.5. The van der Waals surface area contributed by atoms with Gasteiger partial charge in [-0.25, -0.2) is 0 Å². The molecule has 0 aliphatic carbocycles. The number of hydrogen-bond acceptors (Lipinski definition) is 9. The number of nitrogens with zero attached hydrogens (tertiary/aromatic N) is 1. The number of nitrogens with one attached hydrogen (secondary N) is 8. The van der Waals surface area contributed by atoms with Gasteiger partial charge in [-0.1, -0.05) is 48.5 Å². The van der Waals surface area contributed by atoms with E-state index in [1.165, 1.54) is 6.92 Å². The van der Waals surface area contributed by atoms with Crippen molar-refractivity contribution in [3.63, 3.8) is 0 Å². The maximum atomic E-state index is 14.3. The number of benzene rings is 2. The molecule has 59 heavy (non-hydrogen) atoms. The first-order valence-electron chi connectivity index (χ1n) is 19.9. The highest BCUT2D eigenvalue weighted by Crippen LogP contribution is 2.22. The van der Waals surface area contributed by atoms with Crippen LogP contribution in [-0.2, 0) is 46.4 Å². The van der Waals surface area contributed by atoms with Gasteiger partial charge in [-0.3, -0.25) is 39.0 Å². The summed E-state index contributed by atoms with van der Waals surface area (Å²) in [6, 6.07) is 10.2. The van der Waals surface area contributed by atoms with E-state index in [9.17, 15) is 38.7 Å². The maximum Gasteiger partial charge on any atom is 0.243 e. The minimum absolute atomic E-state index is 0.00244. The zero-order valence-electron chi connectivity index (χ0n) is 33.0. The largest absolute Gasteiger partial charge is 0.391 e. The molecular weight excluding hydrogens is 761 g/mol. The minimum atomic E-state index is -1.27. The fraction of sp³-hybridized carbons (Fsp3) is 0.463. The molecule has 316 valence electrons. The number of hydrogen-bond donors (Lipinski definition) is 10. The Morgan fingerprint density at radius 1 is 0.864 bits per heavy atom. The van der Waals surface area contributed by atoms with Gasteiger partial charge in [0.25, 0.3) is 0 Å². The van der Waals surface area contributed by atoms with E-state index in [0.29, 0.717) is 30.4 Å². The number of aromatic amines is 1. The summed E-state index contributed by atoms with van der Waals surface area (Å²) in [7, 11) is 0. The lowest BCUT2D eigenvalue weighted by Gasteiger charge is -2.29. The van der Waals surface area contributed by atoms with Crippen LogP contribution in [0.5, 0.6) is 0 Å². The van der Waals surface area contributed by atoms with E-state index >= 15 is 0 Å². The maximum absolute atomic E-state index is 14.3. The van der Waals surface area contributed by atoms with Crippen LogP contribution in [0.15, 0.2) is 60.8 Å². The number of fused-ring (bicyclic) bond motifs is 2. The summed E-state index contributed by atoms with van der Waals surface area (Å²) in [6.07, 6.45) is 2.74. The van der Waals surface area contributed by atoms with E-state index in [4.69, 9.17) is 11.1 Å². The molecule has 3 aromatic rings. The molecule has 11 N–H and O–H groups in total. The van der Waals surface area contributed by atoms with Gasteiger partial charge in [-0.15, -0.1) is 0 Å². The van der Waals surface area contributed by atoms with Crippen LogP contribution in [0.25, 0.3) is 10.9 Å². The summed E-state index contributed by atoms with van der Waals surface area (Å²) >= 11 is 0. The van der Waals surface area contributed by atoms with Crippen LogP contribution in [0.1, 0.15) is 56.6 Å². The molecule has 18 heteroatoms. The van der Waals surface area contributed by atoms with Crippen molar-refractivity contribution in [2.24, 2.45) is 11.7 Å². The van der Waals surface area contributed by atoms with E-state index in [-0.39, 0.29) is 51.7 Å². The second-order valence-electron chi connectivity index (χ2n) is 15.0. The SMILES string of the molecule is C[C@H]1C(=O)NCCCC[C@@H](C(N)=O)NC(=O)[C@H](Cc2c[nH]c3ccccc23)NC(=O)[C@H](CCCNC=N)NC(=O)[C@@H](Cc2ccccc2)NC(=O)[C@@H]2C[C@@H](O)CN2C1=O. The standard InChI is InChI=1S/C41H54N10O8/c1-24-36(54)45-17-8-7-14-30(35(43)53)47-39(57)33(19-26-21-46-29-13-6-5-12-28(26)29)49-37(55)31(15-9-16-44-23-42)48-38(56)32(18-25-10-3-2-4-11-25)50-40(58)34-20-27(52)22-51(34)41(24)59/h2-6,10-13,21,23-24,27,30-34,46,52H,7-9,14-20,22H2,1H3,(H2,42,44)(H2,43,53)(H,45,54)(H,47,57)(H,48,56)(H,49,55)(H,50,58)/t24-,27+,30-,31-,32+,33-,34-/m0/s1. The lowest BCUT2D eigenvalue weighted by molar-refractivity contribution is -0.146. The first kappa shape index (κ1) is 43.8. The van der Waals surface area contributed by atoms with Crippen LogP contribution in [0.3, 0.4) is 0 Å². The summed E-state index contributed by atoms with van der Waals surface area (Å²) in [6.45, 7) is 1.62. The van der Waals surface area contributed by atoms with E-state index < -0.39 is 83.6 Å². The van der Waals surface area contributed by atoms with Crippen molar-refractivity contribution in [3.8, 4) is 0 Å². The number of para-hydroxylation sites is 1. The fourth-order valence-electron chi connectivity index (χ4n) is 7.41. The second-order valence-corrected chi connectivity index (χ2v) is 15.0. The van der Waals surface area contributed by atoms with Crippen LogP contribution < -0.4 is 37.6 Å². The predicted octanol–water partition coefficient (Wildman–Crippen LogP) is -0.748. The molecule has 0 spiro atoms. The molecule has 2 aliphatic heterocycles. The van der Waals surface area contributed by atoms with Crippen molar-refractivity contribution in [2.45, 2.75) is 94.6 Å². The van der Waals surface area contributed by atoms with Crippen LogP contribution >= 0.6 is 0 Å². The molecule has 2 fully saturated rings. The van der Waals surface area contributed by atoms with E-state index in [1.807, 2.05) is 24.3 Å². The van der Waals surface area contributed by atoms with Crippen molar-refractivity contribution < 1.29 is 38.7 Å². The Morgan fingerprint density at radius 3 is 2.27 bits per heavy atom. The van der Waals surface area contributed by atoms with E-state index in [2.05, 4.69) is 36.9 Å². The third-order valence-corrected chi connectivity index (χ3v) is 10.7. The molecule has 7 amide bonds. The van der Waals surface area contributed by atoms with Gasteiger partial charge in [-0.2, -0.15) is 0 Å². The van der Waals surface area contributed by atoms with Crippen molar-refractivity contribution in [3.05, 3.63) is 71.9 Å². The number of aromatic nitrogens is 1. The highest BCUT2D eigenvalue weighted by Gasteiger charge is 2.43. The van der Waals surface area contributed by atoms with Gasteiger partial charge in [0.05, 0.1) is 12.4 Å². The van der Waals surface area contributed by atoms with Gasteiger partial charge in [0.2, 0.25) is 41.4 Å². The van der Waals surface area contributed by atoms with E-state index in [1.54, 1.807) is 36.5 Å². The number of primary amides is 1. The Labute approximate surface area is 341 Å². The van der Waals surface area contributed by atoms with E-state index in [0.717, 1.165) is 22.1 Å². The van der Waals surface area contributed by atoms with Crippen LogP contribution in [0, 0.1) is 11.3 Å². The number of rotatable bonds is 10. The van der Waals surface area contributed by atoms with Crippen molar-refractivity contribution in [2.75, 3.05) is 19.6 Å². The van der Waals surface area contributed by atoms with Gasteiger partial charge in [0.15, 0.2) is 0 Å². The molecule has 7 atom stereocenters. The number of aliphatic hydroxyl groups excluding tert-OH is 1. The van der Waals surface area contributed by atoms with Gasteiger partial charge in [-0.05, 0) is 56.2 Å². The smallest absolute Gasteiger partial charge is 0.243 e. The Balaban J connectivity index is 1.50. The van der Waals surface area contributed by atoms with Gasteiger partial charge in [0.1, 0.15) is 36.1 Å². The van der Waals surface area contributed by atoms with Crippen LogP contribution in [0.4, 0.5) is 0 Å². The Hall–Kier alpha value is -6.30. The fourth-order valence-corrected chi connectivity index (χ4v) is 7.41. The molecule has 2 saturated heterocycles. The monoisotopic (exact) mass is 814 g/mol. The number of aliphatic hydroxyl groups is 1.